The van der Waals surface area contributed by atoms with Gasteiger partial charge in [0, 0.05) is 43.9 Å². The van der Waals surface area contributed by atoms with E-state index in [1.54, 1.807) is 41.9 Å². The van der Waals surface area contributed by atoms with Gasteiger partial charge in [-0.15, -0.1) is 0 Å². The summed E-state index contributed by atoms with van der Waals surface area (Å²) in [5.41, 5.74) is 1.38. The summed E-state index contributed by atoms with van der Waals surface area (Å²) < 4.78 is 24.8. The van der Waals surface area contributed by atoms with Crippen LogP contribution in [0.4, 0.5) is 5.88 Å². The maximum Gasteiger partial charge on any atom is 0.271 e. The van der Waals surface area contributed by atoms with Crippen LogP contribution < -0.4 is 29.3 Å². The average molecular weight is 567 g/mol. The number of allylic oxidation sites excluding steroid dienone is 1. The highest BCUT2D eigenvalue weighted by atomic mass is 32.1. The van der Waals surface area contributed by atoms with Gasteiger partial charge in [0.15, 0.2) is 10.7 Å². The number of morpholine rings is 1. The van der Waals surface area contributed by atoms with Crippen molar-refractivity contribution in [3.63, 3.8) is 0 Å². The number of amides is 1. The molecule has 1 fully saturated rings. The minimum atomic E-state index is -0.753. The van der Waals surface area contributed by atoms with E-state index in [4.69, 9.17) is 23.6 Å². The maximum atomic E-state index is 14.0. The van der Waals surface area contributed by atoms with Gasteiger partial charge >= 0.3 is 0 Å². The van der Waals surface area contributed by atoms with E-state index in [0.717, 1.165) is 19.0 Å². The number of furan rings is 1. The van der Waals surface area contributed by atoms with Crippen LogP contribution in [0.2, 0.25) is 0 Å². The molecule has 2 aliphatic rings. The van der Waals surface area contributed by atoms with Gasteiger partial charge in [0.25, 0.3) is 11.5 Å². The molecule has 2 aromatic heterocycles. The number of benzene rings is 1. The second-order valence-electron chi connectivity index (χ2n) is 9.44. The largest absolute Gasteiger partial charge is 0.497 e. The quantitative estimate of drug-likeness (QED) is 0.413. The molecule has 1 atom stereocenters. The zero-order valence-corrected chi connectivity index (χ0v) is 24.2. The fraction of sp³-hybridized carbons (Fsp3) is 0.414. The minimum absolute atomic E-state index is 0.170. The van der Waals surface area contributed by atoms with Crippen molar-refractivity contribution in [2.45, 2.75) is 26.8 Å². The van der Waals surface area contributed by atoms with E-state index in [2.05, 4.69) is 4.90 Å². The lowest BCUT2D eigenvalue weighted by Crippen LogP contribution is -2.43. The molecule has 0 spiro atoms. The van der Waals surface area contributed by atoms with Crippen LogP contribution in [0.3, 0.4) is 0 Å². The number of carbonyl (C=O) groups excluding carboxylic acids is 1. The molecule has 40 heavy (non-hydrogen) atoms. The molecule has 1 saturated heterocycles. The smallest absolute Gasteiger partial charge is 0.271 e. The van der Waals surface area contributed by atoms with Crippen LogP contribution in [0.15, 0.2) is 55.8 Å². The lowest BCUT2D eigenvalue weighted by atomic mass is 9.93. The molecular formula is C29H34N4O6S. The van der Waals surface area contributed by atoms with Crippen molar-refractivity contribution in [1.29, 1.82) is 0 Å². The molecule has 1 amide bonds. The van der Waals surface area contributed by atoms with Gasteiger partial charge < -0.3 is 28.4 Å². The summed E-state index contributed by atoms with van der Waals surface area (Å²) >= 11 is 1.26. The van der Waals surface area contributed by atoms with Crippen LogP contribution in [-0.2, 0) is 9.53 Å². The Labute approximate surface area is 236 Å². The molecular weight excluding hydrogens is 532 g/mol. The van der Waals surface area contributed by atoms with E-state index in [0.29, 0.717) is 69.7 Å². The first kappa shape index (κ1) is 27.7. The van der Waals surface area contributed by atoms with Crippen LogP contribution in [0.25, 0.3) is 6.08 Å². The number of hydrogen-bond acceptors (Lipinski definition) is 9. The van der Waals surface area contributed by atoms with Crippen LogP contribution >= 0.6 is 11.3 Å². The fourth-order valence-electron chi connectivity index (χ4n) is 5.13. The van der Waals surface area contributed by atoms with Crippen molar-refractivity contribution >= 4 is 29.2 Å². The number of thiazole rings is 1. The Morgan fingerprint density at radius 1 is 1.15 bits per heavy atom. The number of carbonyl (C=O) groups is 1. The van der Waals surface area contributed by atoms with Crippen LogP contribution in [0, 0.1) is 0 Å². The normalized spacial score (nSPS) is 17.5. The molecule has 0 aliphatic carbocycles. The summed E-state index contributed by atoms with van der Waals surface area (Å²) in [5, 5.41) is 0. The first-order valence-corrected chi connectivity index (χ1v) is 14.2. The third kappa shape index (κ3) is 5.06. The van der Waals surface area contributed by atoms with Crippen LogP contribution in [0.1, 0.15) is 38.1 Å². The number of ether oxygens (including phenoxy) is 3. The van der Waals surface area contributed by atoms with Crippen molar-refractivity contribution in [2.24, 2.45) is 4.99 Å². The third-order valence-electron chi connectivity index (χ3n) is 7.24. The van der Waals surface area contributed by atoms with Crippen LogP contribution in [0.5, 0.6) is 11.5 Å². The summed E-state index contributed by atoms with van der Waals surface area (Å²) in [6.45, 7) is 9.54. The highest BCUT2D eigenvalue weighted by Crippen LogP contribution is 2.38. The summed E-state index contributed by atoms with van der Waals surface area (Å²) in [5.74, 6) is 2.27. The van der Waals surface area contributed by atoms with Gasteiger partial charge in [-0.2, -0.15) is 0 Å². The van der Waals surface area contributed by atoms with Gasteiger partial charge in [0.05, 0.1) is 43.2 Å². The van der Waals surface area contributed by atoms with E-state index in [1.165, 1.54) is 11.3 Å². The van der Waals surface area contributed by atoms with Crippen molar-refractivity contribution in [3.05, 3.63) is 72.6 Å². The number of fused-ring (bicyclic) bond motifs is 1. The Morgan fingerprint density at radius 3 is 2.58 bits per heavy atom. The number of hydrogen-bond donors (Lipinski definition) is 0. The molecule has 2 aliphatic heterocycles. The number of aromatic nitrogens is 1. The molecule has 1 aromatic carbocycles. The lowest BCUT2D eigenvalue weighted by Gasteiger charge is -2.30. The second kappa shape index (κ2) is 11.7. The monoisotopic (exact) mass is 566 g/mol. The molecule has 10 nitrogen and oxygen atoms in total. The average Bonchev–Trinajstić information content (AvgIpc) is 3.57. The zero-order valence-electron chi connectivity index (χ0n) is 23.4. The molecule has 3 aromatic rings. The van der Waals surface area contributed by atoms with E-state index in [9.17, 15) is 9.59 Å². The topological polar surface area (TPSA) is 98.7 Å². The number of anilines is 1. The SMILES string of the molecule is CCN(CC)C(=O)C1=C(C)N=c2sc(=Cc3ccc(N4CCOCC4)o3)c(=O)n2C1c1cc(OC)ccc1OC. The van der Waals surface area contributed by atoms with Gasteiger partial charge in [0.1, 0.15) is 23.3 Å². The van der Waals surface area contributed by atoms with Gasteiger partial charge in [-0.25, -0.2) is 4.99 Å². The Balaban J connectivity index is 1.68. The molecule has 11 heteroatoms. The first-order valence-electron chi connectivity index (χ1n) is 13.4. The molecule has 0 N–H and O–H groups in total. The van der Waals surface area contributed by atoms with Crippen molar-refractivity contribution in [2.75, 3.05) is 58.5 Å². The fourth-order valence-corrected chi connectivity index (χ4v) is 6.15. The number of likely N-dealkylation sites (N-methyl/N-ethyl adjacent to an activating group) is 1. The Bertz CT molecular complexity index is 1610. The first-order chi connectivity index (χ1) is 19.4. The van der Waals surface area contributed by atoms with Gasteiger partial charge in [-0.3, -0.25) is 14.2 Å². The summed E-state index contributed by atoms with van der Waals surface area (Å²) in [7, 11) is 3.15. The predicted molar refractivity (Wildman–Crippen MR) is 153 cm³/mol. The molecule has 0 bridgehead atoms. The highest BCUT2D eigenvalue weighted by Gasteiger charge is 2.36. The van der Waals surface area contributed by atoms with Gasteiger partial charge in [-0.05, 0) is 45.0 Å². The minimum Gasteiger partial charge on any atom is -0.497 e. The third-order valence-corrected chi connectivity index (χ3v) is 8.23. The summed E-state index contributed by atoms with van der Waals surface area (Å²) in [4.78, 5) is 37.0. The Kier molecular flexibility index (Phi) is 8.13. The van der Waals surface area contributed by atoms with E-state index in [-0.39, 0.29) is 11.5 Å². The number of methoxy groups -OCH3 is 2. The highest BCUT2D eigenvalue weighted by molar-refractivity contribution is 7.07. The number of nitrogens with zero attached hydrogens (tertiary/aromatic N) is 4. The Morgan fingerprint density at radius 2 is 1.90 bits per heavy atom. The molecule has 0 saturated carbocycles. The standard InChI is InChI=1S/C29H34N4O6S/c1-6-31(7-2)28(35)25-18(3)30-29-33(26(25)21-16-19(36-4)8-10-22(21)37-5)27(34)23(40-29)17-20-9-11-24(39-20)32-12-14-38-15-13-32/h8-11,16-17,26H,6-7,12-15H2,1-5H3. The van der Waals surface area contributed by atoms with E-state index >= 15 is 0 Å². The predicted octanol–water partition coefficient (Wildman–Crippen LogP) is 2.55. The molecule has 5 rings (SSSR count). The molecule has 212 valence electrons. The second-order valence-corrected chi connectivity index (χ2v) is 10.5. The summed E-state index contributed by atoms with van der Waals surface area (Å²) in [6, 6.07) is 8.40. The lowest BCUT2D eigenvalue weighted by molar-refractivity contribution is -0.127. The van der Waals surface area contributed by atoms with Crippen molar-refractivity contribution in [3.8, 4) is 11.5 Å². The van der Waals surface area contributed by atoms with Crippen molar-refractivity contribution in [1.82, 2.24) is 9.47 Å². The Hall–Kier alpha value is -3.83. The number of rotatable bonds is 8. The maximum absolute atomic E-state index is 14.0. The summed E-state index contributed by atoms with van der Waals surface area (Å²) in [6.07, 6.45) is 1.73. The molecule has 4 heterocycles. The van der Waals surface area contributed by atoms with Gasteiger partial charge in [0.2, 0.25) is 0 Å². The van der Waals surface area contributed by atoms with E-state index < -0.39 is 6.04 Å². The van der Waals surface area contributed by atoms with Crippen molar-refractivity contribution < 1.29 is 23.4 Å². The van der Waals surface area contributed by atoms with Gasteiger partial charge in [-0.1, -0.05) is 11.3 Å². The molecule has 1 unspecified atom stereocenters. The molecule has 0 radical (unpaired) electrons. The van der Waals surface area contributed by atoms with E-state index in [1.807, 2.05) is 39.0 Å². The zero-order chi connectivity index (χ0) is 28.4. The van der Waals surface area contributed by atoms with Crippen LogP contribution in [-0.4, -0.2) is 69.0 Å².